The van der Waals surface area contributed by atoms with E-state index in [0.29, 0.717) is 12.0 Å². The molecule has 118 valence electrons. The third-order valence-electron chi connectivity index (χ3n) is 3.97. The Kier molecular flexibility index (Phi) is 5.65. The molecule has 2 atom stereocenters. The van der Waals surface area contributed by atoms with Gasteiger partial charge in [0.25, 0.3) is 0 Å². The quantitative estimate of drug-likeness (QED) is 0.861. The van der Waals surface area contributed by atoms with Crippen molar-refractivity contribution in [2.75, 3.05) is 19.8 Å². The highest BCUT2D eigenvalue weighted by Crippen LogP contribution is 2.24. The highest BCUT2D eigenvalue weighted by Gasteiger charge is 2.28. The molecular formula is C18H29NO2. The molecule has 1 aromatic rings. The molecule has 0 aromatic heterocycles. The SMILES string of the molecule is CC(C)COc1ccc(C(C)NC2(C)CCCOC2)cc1. The fourth-order valence-corrected chi connectivity index (χ4v) is 2.77. The lowest BCUT2D eigenvalue weighted by Crippen LogP contribution is -2.49. The Balaban J connectivity index is 1.91. The van der Waals surface area contributed by atoms with Gasteiger partial charge in [0.05, 0.1) is 13.2 Å². The highest BCUT2D eigenvalue weighted by atomic mass is 16.5. The maximum absolute atomic E-state index is 5.73. The van der Waals surface area contributed by atoms with Crippen LogP contribution in [0.3, 0.4) is 0 Å². The highest BCUT2D eigenvalue weighted by molar-refractivity contribution is 5.29. The Bertz CT molecular complexity index is 421. The van der Waals surface area contributed by atoms with E-state index in [1.54, 1.807) is 0 Å². The summed E-state index contributed by atoms with van der Waals surface area (Å²) in [5, 5.41) is 3.72. The zero-order valence-corrected chi connectivity index (χ0v) is 13.8. The molecule has 21 heavy (non-hydrogen) atoms. The van der Waals surface area contributed by atoms with Crippen molar-refractivity contribution in [3.05, 3.63) is 29.8 Å². The van der Waals surface area contributed by atoms with Gasteiger partial charge < -0.3 is 14.8 Å². The second-order valence-corrected chi connectivity index (χ2v) is 6.86. The second-order valence-electron chi connectivity index (χ2n) is 6.86. The van der Waals surface area contributed by atoms with Gasteiger partial charge in [-0.1, -0.05) is 26.0 Å². The van der Waals surface area contributed by atoms with Gasteiger partial charge in [-0.2, -0.15) is 0 Å². The smallest absolute Gasteiger partial charge is 0.119 e. The van der Waals surface area contributed by atoms with Crippen molar-refractivity contribution in [2.24, 2.45) is 5.92 Å². The topological polar surface area (TPSA) is 30.5 Å². The van der Waals surface area contributed by atoms with Crippen LogP contribution in [-0.4, -0.2) is 25.4 Å². The van der Waals surface area contributed by atoms with Crippen molar-refractivity contribution in [1.82, 2.24) is 5.32 Å². The first-order valence-electron chi connectivity index (χ1n) is 8.07. The van der Waals surface area contributed by atoms with Gasteiger partial charge in [0.1, 0.15) is 5.75 Å². The first-order chi connectivity index (χ1) is 9.98. The lowest BCUT2D eigenvalue weighted by atomic mass is 9.93. The predicted octanol–water partition coefficient (Wildman–Crippen LogP) is 3.94. The summed E-state index contributed by atoms with van der Waals surface area (Å²) in [6.07, 6.45) is 2.31. The number of benzene rings is 1. The molecule has 1 aliphatic heterocycles. The Hall–Kier alpha value is -1.06. The minimum absolute atomic E-state index is 0.0878. The molecular weight excluding hydrogens is 262 g/mol. The lowest BCUT2D eigenvalue weighted by molar-refractivity contribution is 0.0239. The summed E-state index contributed by atoms with van der Waals surface area (Å²) in [5.74, 6) is 1.50. The molecule has 2 rings (SSSR count). The molecule has 1 aromatic carbocycles. The van der Waals surface area contributed by atoms with E-state index >= 15 is 0 Å². The molecule has 1 heterocycles. The van der Waals surface area contributed by atoms with Crippen LogP contribution >= 0.6 is 0 Å². The van der Waals surface area contributed by atoms with Crippen molar-refractivity contribution in [3.8, 4) is 5.75 Å². The summed E-state index contributed by atoms with van der Waals surface area (Å²) >= 11 is 0. The fraction of sp³-hybridized carbons (Fsp3) is 0.667. The predicted molar refractivity (Wildman–Crippen MR) is 86.8 cm³/mol. The molecule has 1 aliphatic rings. The summed E-state index contributed by atoms with van der Waals surface area (Å²) in [6, 6.07) is 8.75. The maximum atomic E-state index is 5.73. The molecule has 3 nitrogen and oxygen atoms in total. The fourth-order valence-electron chi connectivity index (χ4n) is 2.77. The van der Waals surface area contributed by atoms with E-state index in [2.05, 4.69) is 57.3 Å². The minimum Gasteiger partial charge on any atom is -0.493 e. The summed E-state index contributed by atoms with van der Waals surface area (Å²) in [4.78, 5) is 0. The van der Waals surface area contributed by atoms with Gasteiger partial charge >= 0.3 is 0 Å². The Labute approximate surface area is 129 Å². The summed E-state index contributed by atoms with van der Waals surface area (Å²) < 4.78 is 11.3. The number of nitrogens with one attached hydrogen (secondary N) is 1. The lowest BCUT2D eigenvalue weighted by Gasteiger charge is -2.37. The van der Waals surface area contributed by atoms with Gasteiger partial charge in [0.2, 0.25) is 0 Å². The van der Waals surface area contributed by atoms with E-state index < -0.39 is 0 Å². The normalized spacial score (nSPS) is 24.0. The first kappa shape index (κ1) is 16.3. The molecule has 1 N–H and O–H groups in total. The number of hydrogen-bond donors (Lipinski definition) is 1. The summed E-state index contributed by atoms with van der Waals surface area (Å²) in [7, 11) is 0. The van der Waals surface area contributed by atoms with Gasteiger partial charge in [-0.15, -0.1) is 0 Å². The Morgan fingerprint density at radius 1 is 1.24 bits per heavy atom. The third-order valence-corrected chi connectivity index (χ3v) is 3.97. The molecule has 1 saturated heterocycles. The minimum atomic E-state index is 0.0878. The molecule has 0 aliphatic carbocycles. The van der Waals surface area contributed by atoms with Gasteiger partial charge in [-0.05, 0) is 50.3 Å². The van der Waals surface area contributed by atoms with Gasteiger partial charge in [0, 0.05) is 18.2 Å². The van der Waals surface area contributed by atoms with Crippen LogP contribution in [0.1, 0.15) is 52.1 Å². The van der Waals surface area contributed by atoms with Crippen molar-refractivity contribution in [3.63, 3.8) is 0 Å². The van der Waals surface area contributed by atoms with Crippen LogP contribution in [0.5, 0.6) is 5.75 Å². The van der Waals surface area contributed by atoms with E-state index in [9.17, 15) is 0 Å². The van der Waals surface area contributed by atoms with E-state index in [4.69, 9.17) is 9.47 Å². The summed E-state index contributed by atoms with van der Waals surface area (Å²) in [6.45, 7) is 11.2. The molecule has 2 unspecified atom stereocenters. The average Bonchev–Trinajstić information content (AvgIpc) is 2.46. The molecule has 0 saturated carbocycles. The third kappa shape index (κ3) is 5.01. The van der Waals surface area contributed by atoms with Crippen LogP contribution in [0.25, 0.3) is 0 Å². The second kappa shape index (κ2) is 7.28. The van der Waals surface area contributed by atoms with E-state index in [1.807, 2.05) is 0 Å². The van der Waals surface area contributed by atoms with Crippen molar-refractivity contribution < 1.29 is 9.47 Å². The average molecular weight is 291 g/mol. The van der Waals surface area contributed by atoms with Crippen molar-refractivity contribution in [1.29, 1.82) is 0 Å². The molecule has 1 fully saturated rings. The van der Waals surface area contributed by atoms with E-state index in [0.717, 1.165) is 32.0 Å². The van der Waals surface area contributed by atoms with Crippen molar-refractivity contribution >= 4 is 0 Å². The van der Waals surface area contributed by atoms with Gasteiger partial charge in [-0.3, -0.25) is 0 Å². The zero-order valence-electron chi connectivity index (χ0n) is 13.8. The first-order valence-corrected chi connectivity index (χ1v) is 8.07. The molecule has 0 amide bonds. The van der Waals surface area contributed by atoms with Crippen LogP contribution in [0.2, 0.25) is 0 Å². The van der Waals surface area contributed by atoms with E-state index in [1.165, 1.54) is 12.0 Å². The number of rotatable bonds is 6. The molecule has 3 heteroatoms. The van der Waals surface area contributed by atoms with Crippen LogP contribution < -0.4 is 10.1 Å². The standard InChI is InChI=1S/C18H29NO2/c1-14(2)12-21-17-8-6-16(7-9-17)15(3)19-18(4)10-5-11-20-13-18/h6-9,14-15,19H,5,10-13H2,1-4H3. The number of ether oxygens (including phenoxy) is 2. The Morgan fingerprint density at radius 3 is 2.52 bits per heavy atom. The van der Waals surface area contributed by atoms with Gasteiger partial charge in [-0.25, -0.2) is 0 Å². The molecule has 0 spiro atoms. The zero-order chi connectivity index (χ0) is 15.3. The largest absolute Gasteiger partial charge is 0.493 e. The van der Waals surface area contributed by atoms with Crippen LogP contribution in [0.4, 0.5) is 0 Å². The molecule has 0 bridgehead atoms. The summed E-state index contributed by atoms with van der Waals surface area (Å²) in [5.41, 5.74) is 1.38. The molecule has 0 radical (unpaired) electrons. The van der Waals surface area contributed by atoms with Crippen LogP contribution in [0, 0.1) is 5.92 Å². The van der Waals surface area contributed by atoms with Crippen LogP contribution in [-0.2, 0) is 4.74 Å². The van der Waals surface area contributed by atoms with E-state index in [-0.39, 0.29) is 5.54 Å². The maximum Gasteiger partial charge on any atom is 0.119 e. The monoisotopic (exact) mass is 291 g/mol. The van der Waals surface area contributed by atoms with Crippen molar-refractivity contribution in [2.45, 2.75) is 52.1 Å². The Morgan fingerprint density at radius 2 is 1.95 bits per heavy atom. The van der Waals surface area contributed by atoms with Gasteiger partial charge in [0.15, 0.2) is 0 Å². The number of hydrogen-bond acceptors (Lipinski definition) is 3. The van der Waals surface area contributed by atoms with Crippen LogP contribution in [0.15, 0.2) is 24.3 Å².